The lowest BCUT2D eigenvalue weighted by Crippen LogP contribution is -2.40. The quantitative estimate of drug-likeness (QED) is 0.592. The second-order valence-electron chi connectivity index (χ2n) is 6.64. The number of aliphatic imine (C=N–C) groups is 1. The average molecular weight is 479 g/mol. The molecule has 0 spiro atoms. The van der Waals surface area contributed by atoms with Gasteiger partial charge in [0.2, 0.25) is 0 Å². The van der Waals surface area contributed by atoms with Crippen LogP contribution in [0.1, 0.15) is 18.5 Å². The molecule has 2 unspecified atom stereocenters. The first-order chi connectivity index (χ1) is 13.7. The molecule has 11 heteroatoms. The molecule has 0 saturated heterocycles. The van der Waals surface area contributed by atoms with Crippen molar-refractivity contribution in [3.05, 3.63) is 52.6 Å². The third kappa shape index (κ3) is 3.79. The Balaban J connectivity index is 1.72. The molecule has 0 radical (unpaired) electrons. The van der Waals surface area contributed by atoms with Crippen molar-refractivity contribution in [2.75, 3.05) is 11.1 Å². The highest BCUT2D eigenvalue weighted by Gasteiger charge is 2.35. The van der Waals surface area contributed by atoms with Crippen LogP contribution in [0.25, 0.3) is 10.9 Å². The summed E-state index contributed by atoms with van der Waals surface area (Å²) in [4.78, 5) is 16.8. The summed E-state index contributed by atoms with van der Waals surface area (Å²) in [5, 5.41) is 2.99. The summed E-state index contributed by atoms with van der Waals surface area (Å²) in [6, 6.07) is 4.19. The molecule has 0 bridgehead atoms. The summed E-state index contributed by atoms with van der Waals surface area (Å²) in [5.74, 6) is -0.284. The van der Waals surface area contributed by atoms with Crippen LogP contribution in [0.5, 0.6) is 0 Å². The molecule has 4 heterocycles. The topological polar surface area (TPSA) is 123 Å². The van der Waals surface area contributed by atoms with Gasteiger partial charge in [-0.05, 0) is 41.1 Å². The molecule has 1 aliphatic heterocycles. The zero-order valence-electron chi connectivity index (χ0n) is 15.2. The third-order valence-electron chi connectivity index (χ3n) is 4.71. The highest BCUT2D eigenvalue weighted by Crippen LogP contribution is 2.30. The first-order valence-electron chi connectivity index (χ1n) is 8.62. The third-order valence-corrected chi connectivity index (χ3v) is 7.24. The number of pyridine rings is 3. The summed E-state index contributed by atoms with van der Waals surface area (Å²) in [5.41, 5.74) is 6.47. The molecule has 0 saturated carbocycles. The summed E-state index contributed by atoms with van der Waals surface area (Å²) in [7, 11) is -3.52. The van der Waals surface area contributed by atoms with Gasteiger partial charge in [0.25, 0.3) is 0 Å². The summed E-state index contributed by atoms with van der Waals surface area (Å²) in [6.45, 7) is 1.47. The van der Waals surface area contributed by atoms with Crippen LogP contribution in [0.4, 0.5) is 16.0 Å². The van der Waals surface area contributed by atoms with E-state index in [9.17, 15) is 12.8 Å². The van der Waals surface area contributed by atoms with Crippen LogP contribution >= 0.6 is 15.9 Å². The predicted octanol–water partition coefficient (Wildman–Crippen LogP) is 2.89. The number of rotatable bonds is 3. The van der Waals surface area contributed by atoms with E-state index in [4.69, 9.17) is 5.73 Å². The number of sulfone groups is 1. The normalized spacial score (nSPS) is 21.0. The van der Waals surface area contributed by atoms with E-state index in [0.717, 1.165) is 16.1 Å². The summed E-state index contributed by atoms with van der Waals surface area (Å²) < 4.78 is 39.9. The highest BCUT2D eigenvalue weighted by atomic mass is 79.9. The predicted molar refractivity (Wildman–Crippen MR) is 112 cm³/mol. The second kappa shape index (κ2) is 7.30. The number of amidine groups is 1. The molecule has 0 fully saturated rings. The van der Waals surface area contributed by atoms with E-state index in [-0.39, 0.29) is 23.0 Å². The Labute approximate surface area is 174 Å². The maximum Gasteiger partial charge on any atom is 0.162 e. The Morgan fingerprint density at radius 2 is 2.03 bits per heavy atom. The number of hydrogen-bond acceptors (Lipinski definition) is 8. The number of nitrogens with two attached hydrogens (primary N) is 1. The Kier molecular flexibility index (Phi) is 4.95. The van der Waals surface area contributed by atoms with E-state index in [1.54, 1.807) is 12.4 Å². The highest BCUT2D eigenvalue weighted by molar-refractivity contribution is 9.10. The largest absolute Gasteiger partial charge is 0.386 e. The first kappa shape index (κ1) is 19.6. The van der Waals surface area contributed by atoms with Crippen molar-refractivity contribution in [3.63, 3.8) is 0 Å². The Hall–Kier alpha value is -2.66. The molecule has 3 N–H and O–H groups in total. The van der Waals surface area contributed by atoms with Gasteiger partial charge in [-0.15, -0.1) is 0 Å². The molecular weight excluding hydrogens is 463 g/mol. The monoisotopic (exact) mass is 478 g/mol. The fraction of sp³-hybridized carbons (Fsp3) is 0.222. The van der Waals surface area contributed by atoms with Crippen molar-refractivity contribution in [2.45, 2.75) is 18.2 Å². The number of nitrogens with zero attached hydrogens (tertiary/aromatic N) is 4. The van der Waals surface area contributed by atoms with Gasteiger partial charge < -0.3 is 11.1 Å². The smallest absolute Gasteiger partial charge is 0.162 e. The van der Waals surface area contributed by atoms with Gasteiger partial charge in [0.1, 0.15) is 28.2 Å². The lowest BCUT2D eigenvalue weighted by atomic mass is 10.1. The second-order valence-corrected chi connectivity index (χ2v) is 9.92. The van der Waals surface area contributed by atoms with E-state index in [2.05, 4.69) is 41.2 Å². The molecule has 3 aromatic heterocycles. The SMILES string of the molecule is CC1C(N)=NC(c2cc(Nc3nccc4cc(Br)cnc34)ncc2F)CS1(=O)=O. The van der Waals surface area contributed by atoms with Gasteiger partial charge in [-0.2, -0.15) is 0 Å². The van der Waals surface area contributed by atoms with Gasteiger partial charge >= 0.3 is 0 Å². The van der Waals surface area contributed by atoms with Crippen molar-refractivity contribution in [1.29, 1.82) is 0 Å². The molecule has 3 aromatic rings. The molecule has 4 rings (SSSR count). The first-order valence-corrected chi connectivity index (χ1v) is 11.1. The summed E-state index contributed by atoms with van der Waals surface area (Å²) in [6.07, 6.45) is 4.27. The summed E-state index contributed by atoms with van der Waals surface area (Å²) >= 11 is 3.37. The molecule has 0 aliphatic carbocycles. The molecule has 29 heavy (non-hydrogen) atoms. The molecule has 0 amide bonds. The van der Waals surface area contributed by atoms with E-state index in [1.807, 2.05) is 12.1 Å². The number of fused-ring (bicyclic) bond motifs is 1. The van der Waals surface area contributed by atoms with Crippen LogP contribution in [0, 0.1) is 5.82 Å². The molecule has 8 nitrogen and oxygen atoms in total. The molecule has 150 valence electrons. The van der Waals surface area contributed by atoms with Crippen molar-refractivity contribution < 1.29 is 12.8 Å². The number of hydrogen-bond donors (Lipinski definition) is 2. The van der Waals surface area contributed by atoms with Crippen LogP contribution in [0.2, 0.25) is 0 Å². The van der Waals surface area contributed by atoms with Gasteiger partial charge in [0.05, 0.1) is 18.0 Å². The van der Waals surface area contributed by atoms with E-state index >= 15 is 0 Å². The van der Waals surface area contributed by atoms with Crippen LogP contribution in [-0.4, -0.2) is 40.2 Å². The van der Waals surface area contributed by atoms with Crippen molar-refractivity contribution in [1.82, 2.24) is 15.0 Å². The van der Waals surface area contributed by atoms with Crippen LogP contribution in [0.15, 0.2) is 46.3 Å². The minimum absolute atomic E-state index is 0.0301. The van der Waals surface area contributed by atoms with Gasteiger partial charge in [-0.3, -0.25) is 9.98 Å². The fourth-order valence-corrected chi connectivity index (χ4v) is 4.81. The lowest BCUT2D eigenvalue weighted by Gasteiger charge is -2.24. The maximum atomic E-state index is 14.4. The van der Waals surface area contributed by atoms with Gasteiger partial charge in [0.15, 0.2) is 15.7 Å². The van der Waals surface area contributed by atoms with Gasteiger partial charge in [0, 0.05) is 27.8 Å². The standard InChI is InChI=1S/C18H16BrFN6O2S/c1-9-17(21)25-14(8-29(9,27)28)12-5-15(23-7-13(12)20)26-18-16-10(2-3-22-18)4-11(19)6-24-16/h2-7,9,14H,8H2,1H3,(H2,21,25)(H,22,23,26). The van der Waals surface area contributed by atoms with Crippen LogP contribution in [0.3, 0.4) is 0 Å². The van der Waals surface area contributed by atoms with Crippen molar-refractivity contribution in [2.24, 2.45) is 10.7 Å². The maximum absolute atomic E-state index is 14.4. The lowest BCUT2D eigenvalue weighted by molar-refractivity contribution is 0.565. The van der Waals surface area contributed by atoms with Gasteiger partial charge in [-0.25, -0.2) is 22.8 Å². The molecule has 0 aromatic carbocycles. The fourth-order valence-electron chi connectivity index (χ4n) is 3.05. The minimum atomic E-state index is -3.52. The number of anilines is 2. The average Bonchev–Trinajstić information content (AvgIpc) is 2.67. The minimum Gasteiger partial charge on any atom is -0.386 e. The number of aromatic nitrogens is 3. The van der Waals surface area contributed by atoms with E-state index < -0.39 is 26.9 Å². The molecule has 1 aliphatic rings. The van der Waals surface area contributed by atoms with Crippen molar-refractivity contribution >= 4 is 54.1 Å². The Morgan fingerprint density at radius 3 is 2.79 bits per heavy atom. The molecular formula is C18H16BrFN6O2S. The Bertz CT molecular complexity index is 1250. The van der Waals surface area contributed by atoms with Crippen LogP contribution < -0.4 is 11.1 Å². The Morgan fingerprint density at radius 1 is 1.24 bits per heavy atom. The van der Waals surface area contributed by atoms with E-state index in [0.29, 0.717) is 11.3 Å². The number of halogens is 2. The molecule has 2 atom stereocenters. The zero-order chi connectivity index (χ0) is 20.8. The van der Waals surface area contributed by atoms with Crippen molar-refractivity contribution in [3.8, 4) is 0 Å². The zero-order valence-corrected chi connectivity index (χ0v) is 17.6. The van der Waals surface area contributed by atoms with E-state index in [1.165, 1.54) is 13.0 Å². The number of nitrogens with one attached hydrogen (secondary N) is 1. The van der Waals surface area contributed by atoms with Crippen LogP contribution in [-0.2, 0) is 9.84 Å². The van der Waals surface area contributed by atoms with Gasteiger partial charge in [-0.1, -0.05) is 0 Å².